The van der Waals surface area contributed by atoms with E-state index in [0.29, 0.717) is 24.7 Å². The van der Waals surface area contributed by atoms with Crippen molar-refractivity contribution >= 4 is 22.8 Å². The van der Waals surface area contributed by atoms with Gasteiger partial charge in [-0.2, -0.15) is 5.10 Å². The molecule has 3 heterocycles. The fraction of sp³-hybridized carbons (Fsp3) is 0.480. The third-order valence-corrected chi connectivity index (χ3v) is 6.28. The van der Waals surface area contributed by atoms with E-state index in [1.54, 1.807) is 19.1 Å². The van der Waals surface area contributed by atoms with Crippen LogP contribution in [0.25, 0.3) is 11.0 Å². The second-order valence-corrected chi connectivity index (χ2v) is 8.61. The topological polar surface area (TPSA) is 93.1 Å². The highest BCUT2D eigenvalue weighted by atomic mass is 19.1. The summed E-state index contributed by atoms with van der Waals surface area (Å²) in [6, 6.07) is 4.85. The van der Waals surface area contributed by atoms with Crippen molar-refractivity contribution in [3.05, 3.63) is 52.6 Å². The van der Waals surface area contributed by atoms with Crippen LogP contribution in [0.15, 0.2) is 24.4 Å². The van der Waals surface area contributed by atoms with E-state index in [0.717, 1.165) is 72.6 Å². The molecule has 0 aliphatic carbocycles. The minimum absolute atomic E-state index is 0.251. The number of amides is 2. The van der Waals surface area contributed by atoms with Gasteiger partial charge in [-0.05, 0) is 50.3 Å². The normalized spacial score (nSPS) is 14.4. The molecule has 0 atom stereocenters. The van der Waals surface area contributed by atoms with Crippen LogP contribution in [0.2, 0.25) is 0 Å². The number of aryl methyl sites for hydroxylation is 3. The number of benzene rings is 1. The first-order chi connectivity index (χ1) is 16.5. The number of urea groups is 1. The first-order valence-corrected chi connectivity index (χ1v) is 12.0. The number of ether oxygens (including phenoxy) is 1. The van der Waals surface area contributed by atoms with Crippen molar-refractivity contribution in [3.8, 4) is 0 Å². The number of carbonyl (C=O) groups is 1. The van der Waals surface area contributed by atoms with Crippen molar-refractivity contribution < 1.29 is 13.9 Å². The smallest absolute Gasteiger partial charge is 0.315 e. The summed E-state index contributed by atoms with van der Waals surface area (Å²) >= 11 is 0. The molecule has 1 fully saturated rings. The summed E-state index contributed by atoms with van der Waals surface area (Å²) in [6.07, 6.45) is 4.45. The van der Waals surface area contributed by atoms with Crippen LogP contribution >= 0.6 is 0 Å². The van der Waals surface area contributed by atoms with Gasteiger partial charge in [0.1, 0.15) is 5.82 Å². The average Bonchev–Trinajstić information content (AvgIpc) is 3.27. The molecule has 0 spiro atoms. The van der Waals surface area contributed by atoms with E-state index in [1.165, 1.54) is 6.07 Å². The molecule has 0 unspecified atom stereocenters. The largest absolute Gasteiger partial charge is 0.381 e. The monoisotopic (exact) mass is 468 g/mol. The van der Waals surface area contributed by atoms with E-state index in [-0.39, 0.29) is 11.8 Å². The van der Waals surface area contributed by atoms with Crippen molar-refractivity contribution in [2.75, 3.05) is 18.5 Å². The Labute approximate surface area is 199 Å². The molecule has 2 aromatic heterocycles. The molecule has 1 aliphatic heterocycles. The maximum Gasteiger partial charge on any atom is 0.315 e. The molecule has 4 rings (SSSR count). The predicted octanol–water partition coefficient (Wildman–Crippen LogP) is 4.05. The summed E-state index contributed by atoms with van der Waals surface area (Å²) in [5.41, 5.74) is 5.16. The number of hydrogen-bond acceptors (Lipinski definition) is 5. The van der Waals surface area contributed by atoms with E-state index in [9.17, 15) is 9.18 Å². The van der Waals surface area contributed by atoms with Gasteiger partial charge in [-0.25, -0.2) is 18.9 Å². The summed E-state index contributed by atoms with van der Waals surface area (Å²) in [7, 11) is 0. The van der Waals surface area contributed by atoms with Gasteiger partial charge in [0.2, 0.25) is 0 Å². The van der Waals surface area contributed by atoms with Crippen LogP contribution in [0.1, 0.15) is 49.1 Å². The molecule has 1 saturated heterocycles. The lowest BCUT2D eigenvalue weighted by atomic mass is 10.0. The van der Waals surface area contributed by atoms with E-state index in [4.69, 9.17) is 9.72 Å². The minimum atomic E-state index is -0.287. The fourth-order valence-electron chi connectivity index (χ4n) is 4.33. The molecule has 9 heteroatoms. The number of fused-ring (bicyclic) bond motifs is 1. The molecule has 2 amide bonds. The van der Waals surface area contributed by atoms with Gasteiger partial charge in [-0.1, -0.05) is 19.1 Å². The number of aromatic nitrogens is 3. The number of nitrogens with zero attached hydrogens (tertiary/aromatic N) is 3. The molecule has 1 aromatic carbocycles. The molecule has 0 radical (unpaired) electrons. The standard InChI is InChI=1S/C25H33FN6O2/c1-4-22-19(14-28-25(33)27-13-17-6-7-21(26)16(3)12-17)23(30-18-8-10-34-11-9-18)20-15-29-32(5-2)24(20)31-22/h6-7,12,15,18H,4-5,8-11,13-14H2,1-3H3,(H,30,31)(H2,27,28,33). The lowest BCUT2D eigenvalue weighted by Gasteiger charge is -2.26. The first kappa shape index (κ1) is 23.9. The number of rotatable bonds is 8. The summed E-state index contributed by atoms with van der Waals surface area (Å²) in [6.45, 7) is 8.69. The summed E-state index contributed by atoms with van der Waals surface area (Å²) in [5, 5.41) is 15.0. The van der Waals surface area contributed by atoms with Crippen molar-refractivity contribution in [1.82, 2.24) is 25.4 Å². The molecule has 34 heavy (non-hydrogen) atoms. The van der Waals surface area contributed by atoms with Crippen LogP contribution in [-0.4, -0.2) is 40.1 Å². The molecule has 3 N–H and O–H groups in total. The SMILES string of the molecule is CCc1nc2c(cnn2CC)c(NC2CCOCC2)c1CNC(=O)NCc1ccc(F)c(C)c1. The molecule has 0 saturated carbocycles. The maximum absolute atomic E-state index is 13.5. The lowest BCUT2D eigenvalue weighted by molar-refractivity contribution is 0.0904. The van der Waals surface area contributed by atoms with Gasteiger partial charge in [0.05, 0.1) is 17.3 Å². The molecular formula is C25H33FN6O2. The second kappa shape index (κ2) is 10.8. The van der Waals surface area contributed by atoms with Crippen LogP contribution < -0.4 is 16.0 Å². The van der Waals surface area contributed by atoms with Crippen molar-refractivity contribution in [1.29, 1.82) is 0 Å². The van der Waals surface area contributed by atoms with Crippen LogP contribution in [0.4, 0.5) is 14.9 Å². The second-order valence-electron chi connectivity index (χ2n) is 8.61. The highest BCUT2D eigenvalue weighted by molar-refractivity contribution is 5.91. The molecule has 8 nitrogen and oxygen atoms in total. The van der Waals surface area contributed by atoms with Gasteiger partial charge in [-0.3, -0.25) is 0 Å². The van der Waals surface area contributed by atoms with Crippen LogP contribution in [0.5, 0.6) is 0 Å². The Hall–Kier alpha value is -3.20. The number of anilines is 1. The molecule has 182 valence electrons. The van der Waals surface area contributed by atoms with Gasteiger partial charge in [0, 0.05) is 50.1 Å². The van der Waals surface area contributed by atoms with Crippen molar-refractivity contribution in [3.63, 3.8) is 0 Å². The van der Waals surface area contributed by atoms with Crippen LogP contribution in [0.3, 0.4) is 0 Å². The molecular weight excluding hydrogens is 435 g/mol. The number of halogens is 1. The Morgan fingerprint density at radius 3 is 2.68 bits per heavy atom. The highest BCUT2D eigenvalue weighted by Crippen LogP contribution is 2.31. The summed E-state index contributed by atoms with van der Waals surface area (Å²) in [5.74, 6) is -0.251. The third kappa shape index (κ3) is 5.30. The Morgan fingerprint density at radius 2 is 1.97 bits per heavy atom. The number of carbonyl (C=O) groups excluding carboxylic acids is 1. The first-order valence-electron chi connectivity index (χ1n) is 12.0. The minimum Gasteiger partial charge on any atom is -0.381 e. The van der Waals surface area contributed by atoms with Gasteiger partial charge in [0.15, 0.2) is 5.65 Å². The summed E-state index contributed by atoms with van der Waals surface area (Å²) in [4.78, 5) is 17.5. The maximum atomic E-state index is 13.5. The Bertz CT molecular complexity index is 1160. The zero-order valence-corrected chi connectivity index (χ0v) is 20.1. The zero-order valence-electron chi connectivity index (χ0n) is 20.1. The Balaban J connectivity index is 1.54. The summed E-state index contributed by atoms with van der Waals surface area (Å²) < 4.78 is 20.9. The van der Waals surface area contributed by atoms with Gasteiger partial charge in [0.25, 0.3) is 0 Å². The average molecular weight is 469 g/mol. The van der Waals surface area contributed by atoms with E-state index >= 15 is 0 Å². The van der Waals surface area contributed by atoms with Crippen LogP contribution in [0, 0.1) is 12.7 Å². The third-order valence-electron chi connectivity index (χ3n) is 6.28. The van der Waals surface area contributed by atoms with Gasteiger partial charge >= 0.3 is 6.03 Å². The van der Waals surface area contributed by atoms with Crippen molar-refractivity contribution in [2.45, 2.75) is 65.7 Å². The predicted molar refractivity (Wildman–Crippen MR) is 130 cm³/mol. The Kier molecular flexibility index (Phi) is 7.62. The molecule has 3 aromatic rings. The van der Waals surface area contributed by atoms with Gasteiger partial charge < -0.3 is 20.7 Å². The number of pyridine rings is 1. The van der Waals surface area contributed by atoms with Crippen molar-refractivity contribution in [2.24, 2.45) is 0 Å². The lowest BCUT2D eigenvalue weighted by Crippen LogP contribution is -2.35. The zero-order chi connectivity index (χ0) is 24.1. The van der Waals surface area contributed by atoms with E-state index in [2.05, 4.69) is 28.0 Å². The van der Waals surface area contributed by atoms with Gasteiger partial charge in [-0.15, -0.1) is 0 Å². The highest BCUT2D eigenvalue weighted by Gasteiger charge is 2.22. The number of hydrogen-bond donors (Lipinski definition) is 3. The number of nitrogens with one attached hydrogen (secondary N) is 3. The molecule has 1 aliphatic rings. The quantitative estimate of drug-likeness (QED) is 0.464. The van der Waals surface area contributed by atoms with Crippen LogP contribution in [-0.2, 0) is 30.8 Å². The Morgan fingerprint density at radius 1 is 1.21 bits per heavy atom. The molecule has 0 bridgehead atoms. The van der Waals surface area contributed by atoms with E-state index in [1.807, 2.05) is 17.8 Å². The fourth-order valence-corrected chi connectivity index (χ4v) is 4.33. The van der Waals surface area contributed by atoms with E-state index < -0.39 is 0 Å².